The van der Waals surface area contributed by atoms with Crippen molar-refractivity contribution in [2.24, 2.45) is 5.73 Å². The number of carbonyl (C=O) groups is 1. The molecule has 2 aromatic rings. The Balaban J connectivity index is 2.14. The summed E-state index contributed by atoms with van der Waals surface area (Å²) in [6.07, 6.45) is 0. The number of nitrogen functional groups attached to an aromatic ring is 1. The normalized spacial score (nSPS) is 10.4. The molecule has 0 aromatic carbocycles. The molecular weight excluding hydrogens is 260 g/mol. The van der Waals surface area contributed by atoms with Crippen molar-refractivity contribution < 1.29 is 4.79 Å². The van der Waals surface area contributed by atoms with Crippen molar-refractivity contribution in [3.8, 4) is 0 Å². The first kappa shape index (κ1) is 13.4. The summed E-state index contributed by atoms with van der Waals surface area (Å²) in [7, 11) is 0. The Morgan fingerprint density at radius 3 is 2.74 bits per heavy atom. The fourth-order valence-corrected chi connectivity index (χ4v) is 2.65. The summed E-state index contributed by atoms with van der Waals surface area (Å²) in [5.41, 5.74) is 13.0. The van der Waals surface area contributed by atoms with Crippen LogP contribution in [0.15, 0.2) is 18.2 Å². The molecule has 2 heterocycles. The number of carbonyl (C=O) groups excluding carboxylic acids is 1. The maximum absolute atomic E-state index is 11.1. The molecule has 5 nitrogen and oxygen atoms in total. The molecular formula is C13H16N4OS. The van der Waals surface area contributed by atoms with Crippen LogP contribution in [0.25, 0.3) is 0 Å². The maximum atomic E-state index is 11.1. The van der Waals surface area contributed by atoms with Crippen molar-refractivity contribution in [2.75, 3.05) is 11.1 Å². The molecule has 0 bridgehead atoms. The number of nitrogens with one attached hydrogen (secondary N) is 1. The van der Waals surface area contributed by atoms with Gasteiger partial charge in [0.25, 0.3) is 5.91 Å². The van der Waals surface area contributed by atoms with Crippen molar-refractivity contribution in [1.82, 2.24) is 4.98 Å². The molecule has 0 atom stereocenters. The van der Waals surface area contributed by atoms with Crippen LogP contribution in [0, 0.1) is 13.8 Å². The summed E-state index contributed by atoms with van der Waals surface area (Å²) in [5.74, 6) is -0.0779. The third kappa shape index (κ3) is 3.03. The largest absolute Gasteiger partial charge is 0.396 e. The topological polar surface area (TPSA) is 94.0 Å². The Morgan fingerprint density at radius 1 is 1.42 bits per heavy atom. The highest BCUT2D eigenvalue weighted by molar-refractivity contribution is 7.12. The van der Waals surface area contributed by atoms with Gasteiger partial charge in [-0.05, 0) is 37.6 Å². The minimum atomic E-state index is -0.564. The number of amides is 1. The van der Waals surface area contributed by atoms with Crippen LogP contribution in [0.2, 0.25) is 0 Å². The van der Waals surface area contributed by atoms with Crippen molar-refractivity contribution in [3.63, 3.8) is 0 Å². The van der Waals surface area contributed by atoms with Crippen molar-refractivity contribution in [1.29, 1.82) is 0 Å². The van der Waals surface area contributed by atoms with E-state index in [1.165, 1.54) is 21.4 Å². The quantitative estimate of drug-likeness (QED) is 0.796. The first-order valence-corrected chi connectivity index (χ1v) is 6.65. The van der Waals surface area contributed by atoms with E-state index in [0.717, 1.165) is 0 Å². The van der Waals surface area contributed by atoms with E-state index in [2.05, 4.69) is 30.2 Å². The Morgan fingerprint density at radius 2 is 2.16 bits per heavy atom. The lowest BCUT2D eigenvalue weighted by molar-refractivity contribution is 0.0996. The molecule has 0 aliphatic carbocycles. The summed E-state index contributed by atoms with van der Waals surface area (Å²) < 4.78 is 0. The number of rotatable bonds is 4. The first-order chi connectivity index (χ1) is 8.97. The molecule has 0 aliphatic heterocycles. The monoisotopic (exact) mass is 276 g/mol. The highest BCUT2D eigenvalue weighted by Crippen LogP contribution is 2.22. The molecule has 19 heavy (non-hydrogen) atoms. The number of thiophene rings is 1. The van der Waals surface area contributed by atoms with E-state index in [9.17, 15) is 4.79 Å². The predicted octanol–water partition coefficient (Wildman–Crippen LogP) is 2.05. The Hall–Kier alpha value is -2.08. The number of nitrogens with zero attached hydrogens (tertiary/aromatic N) is 1. The smallest absolute Gasteiger partial charge is 0.267 e. The molecule has 2 aromatic heterocycles. The zero-order valence-corrected chi connectivity index (χ0v) is 11.7. The van der Waals surface area contributed by atoms with Gasteiger partial charge in [-0.25, -0.2) is 4.98 Å². The lowest BCUT2D eigenvalue weighted by Crippen LogP contribution is -2.15. The third-order valence-corrected chi connectivity index (χ3v) is 3.98. The summed E-state index contributed by atoms with van der Waals surface area (Å²) >= 11 is 1.73. The Bertz CT molecular complexity index is 602. The average Bonchev–Trinajstić information content (AvgIpc) is 2.67. The van der Waals surface area contributed by atoms with Crippen molar-refractivity contribution in [3.05, 3.63) is 39.2 Å². The molecule has 1 amide bonds. The number of hydrogen-bond donors (Lipinski definition) is 3. The fraction of sp³-hybridized carbons (Fsp3) is 0.231. The fourth-order valence-electron chi connectivity index (χ4n) is 1.66. The van der Waals surface area contributed by atoms with Crippen LogP contribution in [0.5, 0.6) is 0 Å². The molecule has 0 saturated carbocycles. The van der Waals surface area contributed by atoms with Gasteiger partial charge in [0.1, 0.15) is 11.5 Å². The Kier molecular flexibility index (Phi) is 3.71. The lowest BCUT2D eigenvalue weighted by Gasteiger charge is -2.08. The van der Waals surface area contributed by atoms with Gasteiger partial charge in [-0.15, -0.1) is 11.3 Å². The zero-order chi connectivity index (χ0) is 14.0. The van der Waals surface area contributed by atoms with Crippen LogP contribution in [0.3, 0.4) is 0 Å². The minimum absolute atomic E-state index is 0.204. The van der Waals surface area contributed by atoms with Crippen LogP contribution >= 0.6 is 11.3 Å². The molecule has 5 N–H and O–H groups in total. The molecule has 0 fully saturated rings. The summed E-state index contributed by atoms with van der Waals surface area (Å²) in [5, 5.41) is 3.13. The van der Waals surface area contributed by atoms with Gasteiger partial charge in [0.05, 0.1) is 12.2 Å². The SMILES string of the molecule is Cc1cc(CNc2nc(C(N)=O)ccc2N)sc1C. The van der Waals surface area contributed by atoms with Gasteiger partial charge in [-0.2, -0.15) is 0 Å². The van der Waals surface area contributed by atoms with E-state index in [1.807, 2.05) is 0 Å². The van der Waals surface area contributed by atoms with Gasteiger partial charge in [-0.3, -0.25) is 4.79 Å². The van der Waals surface area contributed by atoms with Gasteiger partial charge >= 0.3 is 0 Å². The molecule has 0 spiro atoms. The summed E-state index contributed by atoms with van der Waals surface area (Å²) in [6.45, 7) is 4.79. The van der Waals surface area contributed by atoms with E-state index in [0.29, 0.717) is 18.1 Å². The second kappa shape index (κ2) is 5.27. The number of pyridine rings is 1. The van der Waals surface area contributed by atoms with Crippen LogP contribution in [0.4, 0.5) is 11.5 Å². The summed E-state index contributed by atoms with van der Waals surface area (Å²) in [6, 6.07) is 5.27. The highest BCUT2D eigenvalue weighted by Gasteiger charge is 2.08. The Labute approximate surface area is 115 Å². The second-order valence-corrected chi connectivity index (χ2v) is 5.64. The number of anilines is 2. The van der Waals surface area contributed by atoms with Crippen LogP contribution < -0.4 is 16.8 Å². The van der Waals surface area contributed by atoms with Crippen LogP contribution in [-0.4, -0.2) is 10.9 Å². The van der Waals surface area contributed by atoms with Crippen molar-refractivity contribution in [2.45, 2.75) is 20.4 Å². The highest BCUT2D eigenvalue weighted by atomic mass is 32.1. The summed E-state index contributed by atoms with van der Waals surface area (Å²) in [4.78, 5) is 17.7. The number of aryl methyl sites for hydroxylation is 2. The maximum Gasteiger partial charge on any atom is 0.267 e. The standard InChI is InChI=1S/C13H16N4OS/c1-7-5-9(19-8(7)2)6-16-13-10(14)3-4-11(17-13)12(15)18/h3-5H,6,14H2,1-2H3,(H2,15,18)(H,16,17). The lowest BCUT2D eigenvalue weighted by atomic mass is 10.3. The molecule has 0 aliphatic rings. The molecule has 0 radical (unpaired) electrons. The number of hydrogen-bond acceptors (Lipinski definition) is 5. The minimum Gasteiger partial charge on any atom is -0.396 e. The molecule has 6 heteroatoms. The molecule has 0 unspecified atom stereocenters. The average molecular weight is 276 g/mol. The van der Waals surface area contributed by atoms with Crippen molar-refractivity contribution >= 4 is 28.7 Å². The van der Waals surface area contributed by atoms with Crippen LogP contribution in [0.1, 0.15) is 25.8 Å². The number of primary amides is 1. The first-order valence-electron chi connectivity index (χ1n) is 5.83. The van der Waals surface area contributed by atoms with E-state index in [4.69, 9.17) is 11.5 Å². The molecule has 0 saturated heterocycles. The predicted molar refractivity (Wildman–Crippen MR) is 78.3 cm³/mol. The molecule has 2 rings (SSSR count). The van der Waals surface area contributed by atoms with E-state index < -0.39 is 5.91 Å². The van der Waals surface area contributed by atoms with Gasteiger partial charge in [0, 0.05) is 9.75 Å². The molecule has 100 valence electrons. The van der Waals surface area contributed by atoms with Gasteiger partial charge in [-0.1, -0.05) is 0 Å². The van der Waals surface area contributed by atoms with Gasteiger partial charge in [0.15, 0.2) is 0 Å². The second-order valence-electron chi connectivity index (χ2n) is 4.30. The number of aromatic nitrogens is 1. The third-order valence-electron chi connectivity index (χ3n) is 2.83. The van der Waals surface area contributed by atoms with Gasteiger partial charge < -0.3 is 16.8 Å². The zero-order valence-electron chi connectivity index (χ0n) is 10.9. The number of nitrogens with two attached hydrogens (primary N) is 2. The van der Waals surface area contributed by atoms with E-state index in [-0.39, 0.29) is 5.69 Å². The van der Waals surface area contributed by atoms with E-state index in [1.54, 1.807) is 17.4 Å². The van der Waals surface area contributed by atoms with E-state index >= 15 is 0 Å². The van der Waals surface area contributed by atoms with Crippen LogP contribution in [-0.2, 0) is 6.54 Å². The van der Waals surface area contributed by atoms with Gasteiger partial charge in [0.2, 0.25) is 0 Å².